The zero-order valence-electron chi connectivity index (χ0n) is 13.6. The first-order chi connectivity index (χ1) is 12.2. The van der Waals surface area contributed by atoms with Crippen LogP contribution in [0.5, 0.6) is 0 Å². The predicted molar refractivity (Wildman–Crippen MR) is 89.6 cm³/mol. The molecule has 0 aliphatic rings. The number of pyridine rings is 1. The number of rotatable bonds is 6. The molecule has 0 spiro atoms. The number of aromatic nitrogens is 2. The Morgan fingerprint density at radius 2 is 2.12 bits per heavy atom. The summed E-state index contributed by atoms with van der Waals surface area (Å²) < 4.78 is 11.7. The van der Waals surface area contributed by atoms with Crippen LogP contribution >= 0.6 is 0 Å². The maximum atomic E-state index is 12.3. The van der Waals surface area contributed by atoms with Crippen molar-refractivity contribution < 1.29 is 18.7 Å². The molecule has 3 aromatic heterocycles. The highest BCUT2D eigenvalue weighted by molar-refractivity contribution is 5.90. The van der Waals surface area contributed by atoms with E-state index in [9.17, 15) is 9.59 Å². The fourth-order valence-corrected chi connectivity index (χ4v) is 2.46. The van der Waals surface area contributed by atoms with Crippen LogP contribution in [0.2, 0.25) is 0 Å². The Bertz CT molecular complexity index is 854. The van der Waals surface area contributed by atoms with E-state index in [0.29, 0.717) is 18.0 Å². The minimum atomic E-state index is -0.516. The highest BCUT2D eigenvalue weighted by Crippen LogP contribution is 2.23. The largest absolute Gasteiger partial charge is 0.464 e. The normalized spacial score (nSPS) is 10.4. The Labute approximate surface area is 144 Å². The number of hydrogen-bond donors (Lipinski definition) is 1. The molecule has 7 nitrogen and oxygen atoms in total. The van der Waals surface area contributed by atoms with Crippen molar-refractivity contribution in [2.24, 2.45) is 0 Å². The Hall–Kier alpha value is -3.35. The Kier molecular flexibility index (Phi) is 4.94. The molecule has 0 fully saturated rings. The van der Waals surface area contributed by atoms with Crippen molar-refractivity contribution in [1.82, 2.24) is 14.9 Å². The van der Waals surface area contributed by atoms with Gasteiger partial charge >= 0.3 is 5.97 Å². The Morgan fingerprint density at radius 3 is 2.80 bits per heavy atom. The zero-order chi connectivity index (χ0) is 17.6. The summed E-state index contributed by atoms with van der Waals surface area (Å²) in [5.74, 6) is -0.189. The minimum Gasteiger partial charge on any atom is -0.464 e. The number of furan rings is 1. The van der Waals surface area contributed by atoms with Gasteiger partial charge in [-0.25, -0.2) is 4.79 Å². The summed E-state index contributed by atoms with van der Waals surface area (Å²) in [5.41, 5.74) is 1.80. The first-order valence-electron chi connectivity index (χ1n) is 7.66. The van der Waals surface area contributed by atoms with E-state index < -0.39 is 5.97 Å². The molecule has 0 unspecified atom stereocenters. The van der Waals surface area contributed by atoms with Gasteiger partial charge in [0.05, 0.1) is 19.1 Å². The zero-order valence-corrected chi connectivity index (χ0v) is 13.6. The second-order valence-electron chi connectivity index (χ2n) is 5.30. The molecule has 0 atom stereocenters. The molecule has 0 saturated heterocycles. The van der Waals surface area contributed by atoms with E-state index in [4.69, 9.17) is 9.15 Å². The quantitative estimate of drug-likeness (QED) is 0.696. The van der Waals surface area contributed by atoms with Gasteiger partial charge in [-0.05, 0) is 35.9 Å². The van der Waals surface area contributed by atoms with Gasteiger partial charge in [0.2, 0.25) is 5.91 Å². The van der Waals surface area contributed by atoms with Gasteiger partial charge in [-0.2, -0.15) is 0 Å². The molecule has 0 saturated carbocycles. The van der Waals surface area contributed by atoms with E-state index >= 15 is 0 Å². The molecule has 0 aliphatic carbocycles. The van der Waals surface area contributed by atoms with E-state index in [1.807, 2.05) is 6.07 Å². The maximum Gasteiger partial charge on any atom is 0.354 e. The van der Waals surface area contributed by atoms with Crippen molar-refractivity contribution in [3.05, 3.63) is 66.3 Å². The van der Waals surface area contributed by atoms with E-state index in [1.54, 1.807) is 47.3 Å². The lowest BCUT2D eigenvalue weighted by Crippen LogP contribution is -2.28. The van der Waals surface area contributed by atoms with Crippen LogP contribution in [-0.2, 0) is 22.6 Å². The summed E-state index contributed by atoms with van der Waals surface area (Å²) in [7, 11) is 1.30. The van der Waals surface area contributed by atoms with E-state index in [1.165, 1.54) is 13.4 Å². The third-order valence-electron chi connectivity index (χ3n) is 3.66. The number of hydrogen-bond acceptors (Lipinski definition) is 5. The summed E-state index contributed by atoms with van der Waals surface area (Å²) in [6.07, 6.45) is 4.89. The van der Waals surface area contributed by atoms with Crippen LogP contribution in [0.1, 0.15) is 16.1 Å². The first kappa shape index (κ1) is 16.5. The van der Waals surface area contributed by atoms with Gasteiger partial charge < -0.3 is 19.0 Å². The van der Waals surface area contributed by atoms with E-state index in [2.05, 4.69) is 10.3 Å². The molecule has 1 amide bonds. The minimum absolute atomic E-state index is 0.0340. The van der Waals surface area contributed by atoms with Crippen LogP contribution in [0.4, 0.5) is 0 Å². The predicted octanol–water partition coefficient (Wildman–Crippen LogP) is 2.25. The summed E-state index contributed by atoms with van der Waals surface area (Å²) in [6, 6.07) is 10.5. The van der Waals surface area contributed by atoms with Crippen LogP contribution in [-0.4, -0.2) is 28.5 Å². The Morgan fingerprint density at radius 1 is 1.24 bits per heavy atom. The van der Waals surface area contributed by atoms with Crippen LogP contribution in [0, 0.1) is 0 Å². The standard InChI is InChI=1S/C18H17N3O4/c1-24-18(23)15-7-6-14(16-5-3-9-25-16)21(15)12-17(22)20-11-13-4-2-8-19-10-13/h2-10H,11-12H2,1H3,(H,20,22). The molecule has 128 valence electrons. The average Bonchev–Trinajstić information content (AvgIpc) is 3.30. The van der Waals surface area contributed by atoms with Gasteiger partial charge in [0.1, 0.15) is 18.0 Å². The smallest absolute Gasteiger partial charge is 0.354 e. The average molecular weight is 339 g/mol. The SMILES string of the molecule is COC(=O)c1ccc(-c2ccco2)n1CC(=O)NCc1cccnc1. The molecule has 0 aliphatic heterocycles. The van der Waals surface area contributed by atoms with Crippen LogP contribution in [0.15, 0.2) is 59.5 Å². The topological polar surface area (TPSA) is 86.4 Å². The molecule has 0 radical (unpaired) electrons. The van der Waals surface area contributed by atoms with Gasteiger partial charge in [-0.1, -0.05) is 6.07 Å². The van der Waals surface area contributed by atoms with Gasteiger partial charge in [0, 0.05) is 18.9 Å². The number of nitrogens with one attached hydrogen (secondary N) is 1. The molecule has 1 N–H and O–H groups in total. The van der Waals surface area contributed by atoms with Gasteiger partial charge in [-0.3, -0.25) is 9.78 Å². The second kappa shape index (κ2) is 7.48. The monoisotopic (exact) mass is 339 g/mol. The van der Waals surface area contributed by atoms with Crippen LogP contribution < -0.4 is 5.32 Å². The number of methoxy groups -OCH3 is 1. The maximum absolute atomic E-state index is 12.3. The molecular formula is C18H17N3O4. The van der Waals surface area contributed by atoms with Crippen molar-refractivity contribution in [2.45, 2.75) is 13.1 Å². The van der Waals surface area contributed by atoms with E-state index in [0.717, 1.165) is 5.56 Å². The molecule has 7 heteroatoms. The summed E-state index contributed by atoms with van der Waals surface area (Å²) >= 11 is 0. The first-order valence-corrected chi connectivity index (χ1v) is 7.66. The highest BCUT2D eigenvalue weighted by atomic mass is 16.5. The molecule has 25 heavy (non-hydrogen) atoms. The number of amides is 1. The van der Waals surface area contributed by atoms with Crippen molar-refractivity contribution in [1.29, 1.82) is 0 Å². The molecule has 3 aromatic rings. The number of carbonyl (C=O) groups is 2. The summed E-state index contributed by atoms with van der Waals surface area (Å²) in [5, 5.41) is 2.81. The van der Waals surface area contributed by atoms with Crippen molar-refractivity contribution in [3.8, 4) is 11.5 Å². The highest BCUT2D eigenvalue weighted by Gasteiger charge is 2.19. The van der Waals surface area contributed by atoms with Crippen molar-refractivity contribution in [2.75, 3.05) is 7.11 Å². The number of carbonyl (C=O) groups excluding carboxylic acids is 2. The molecule has 3 rings (SSSR count). The number of ether oxygens (including phenoxy) is 1. The summed E-state index contributed by atoms with van der Waals surface area (Å²) in [4.78, 5) is 28.3. The molecular weight excluding hydrogens is 322 g/mol. The van der Waals surface area contributed by atoms with Crippen LogP contribution in [0.25, 0.3) is 11.5 Å². The number of nitrogens with zero attached hydrogens (tertiary/aromatic N) is 2. The third kappa shape index (κ3) is 3.77. The van der Waals surface area contributed by atoms with E-state index in [-0.39, 0.29) is 18.1 Å². The lowest BCUT2D eigenvalue weighted by atomic mass is 10.3. The number of esters is 1. The van der Waals surface area contributed by atoms with Gasteiger partial charge in [0.25, 0.3) is 0 Å². The fourth-order valence-electron chi connectivity index (χ4n) is 2.46. The van der Waals surface area contributed by atoms with Gasteiger partial charge in [0.15, 0.2) is 0 Å². The summed E-state index contributed by atoms with van der Waals surface area (Å²) in [6.45, 7) is 0.325. The van der Waals surface area contributed by atoms with Crippen molar-refractivity contribution in [3.63, 3.8) is 0 Å². The third-order valence-corrected chi connectivity index (χ3v) is 3.66. The second-order valence-corrected chi connectivity index (χ2v) is 5.30. The molecule has 0 aromatic carbocycles. The lowest BCUT2D eigenvalue weighted by molar-refractivity contribution is -0.121. The Balaban J connectivity index is 1.79. The lowest BCUT2D eigenvalue weighted by Gasteiger charge is -2.12. The van der Waals surface area contributed by atoms with Gasteiger partial charge in [-0.15, -0.1) is 0 Å². The van der Waals surface area contributed by atoms with Crippen LogP contribution in [0.3, 0.4) is 0 Å². The molecule has 0 bridgehead atoms. The molecule has 3 heterocycles. The fraction of sp³-hybridized carbons (Fsp3) is 0.167. The van der Waals surface area contributed by atoms with Crippen molar-refractivity contribution >= 4 is 11.9 Å².